The molecule has 0 saturated heterocycles. The van der Waals surface area contributed by atoms with Crippen molar-refractivity contribution in [3.8, 4) is 0 Å². The van der Waals surface area contributed by atoms with E-state index in [0.29, 0.717) is 29.5 Å². The number of allylic oxidation sites excluding steroid dienone is 1. The third-order valence-electron chi connectivity index (χ3n) is 13.2. The van der Waals surface area contributed by atoms with Gasteiger partial charge < -0.3 is 5.11 Å². The number of aliphatic carboxylic acids is 1. The van der Waals surface area contributed by atoms with Crippen molar-refractivity contribution in [2.75, 3.05) is 0 Å². The van der Waals surface area contributed by atoms with Crippen LogP contribution in [0.25, 0.3) is 0 Å². The summed E-state index contributed by atoms with van der Waals surface area (Å²) in [6.07, 6.45) is 10.1. The molecule has 33 heavy (non-hydrogen) atoms. The molecule has 5 fully saturated rings. The van der Waals surface area contributed by atoms with Crippen LogP contribution in [0.15, 0.2) is 12.2 Å². The van der Waals surface area contributed by atoms with E-state index in [1.54, 1.807) is 0 Å². The first kappa shape index (κ1) is 23.6. The Bertz CT molecular complexity index is 902. The maximum Gasteiger partial charge on any atom is 0.309 e. The molecular formula is C30H46O3. The minimum Gasteiger partial charge on any atom is -0.481 e. The van der Waals surface area contributed by atoms with Gasteiger partial charge in [-0.05, 0) is 111 Å². The SMILES string of the molecule is C=C(C)[C@@H]1CCC2(C(=O)O)CC[C@]3(C)[C@H](CC[C@@H]4[C@@]5(C)CCC(=O)C(C)(C)[C@@H]5CC[C@]43C)[C@@H]12. The van der Waals surface area contributed by atoms with Crippen molar-refractivity contribution in [1.29, 1.82) is 0 Å². The highest BCUT2D eigenvalue weighted by Gasteiger charge is 2.72. The van der Waals surface area contributed by atoms with Crippen LogP contribution < -0.4 is 0 Å². The Labute approximate surface area is 201 Å². The molecule has 5 rings (SSSR count). The molecule has 0 aromatic rings. The molecule has 5 saturated carbocycles. The van der Waals surface area contributed by atoms with Crippen LogP contribution in [0.5, 0.6) is 0 Å². The minimum atomic E-state index is -0.547. The molecule has 0 bridgehead atoms. The van der Waals surface area contributed by atoms with Gasteiger partial charge in [0.25, 0.3) is 0 Å². The highest BCUT2D eigenvalue weighted by Crippen LogP contribution is 2.77. The Balaban J connectivity index is 1.57. The fourth-order valence-corrected chi connectivity index (χ4v) is 11.3. The number of hydrogen-bond donors (Lipinski definition) is 1. The number of fused-ring (bicyclic) bond motifs is 7. The molecule has 3 nitrogen and oxygen atoms in total. The molecule has 0 aromatic carbocycles. The van der Waals surface area contributed by atoms with Gasteiger partial charge in [0.2, 0.25) is 0 Å². The summed E-state index contributed by atoms with van der Waals surface area (Å²) in [6.45, 7) is 18.5. The summed E-state index contributed by atoms with van der Waals surface area (Å²) < 4.78 is 0. The summed E-state index contributed by atoms with van der Waals surface area (Å²) >= 11 is 0. The summed E-state index contributed by atoms with van der Waals surface area (Å²) in [5.41, 5.74) is 1.03. The largest absolute Gasteiger partial charge is 0.481 e. The molecule has 9 atom stereocenters. The Kier molecular flexibility index (Phi) is 4.99. The van der Waals surface area contributed by atoms with Crippen molar-refractivity contribution in [2.24, 2.45) is 56.7 Å². The highest BCUT2D eigenvalue weighted by atomic mass is 16.4. The zero-order valence-corrected chi connectivity index (χ0v) is 21.9. The van der Waals surface area contributed by atoms with Crippen LogP contribution >= 0.6 is 0 Å². The van der Waals surface area contributed by atoms with Gasteiger partial charge in [-0.2, -0.15) is 0 Å². The number of carbonyl (C=O) groups excluding carboxylic acids is 1. The van der Waals surface area contributed by atoms with Crippen LogP contribution in [0.1, 0.15) is 106 Å². The summed E-state index contributed by atoms with van der Waals surface area (Å²) in [5.74, 6) is 2.07. The average Bonchev–Trinajstić information content (AvgIpc) is 3.13. The number of ketones is 1. The Morgan fingerprint density at radius 2 is 1.58 bits per heavy atom. The topological polar surface area (TPSA) is 54.4 Å². The van der Waals surface area contributed by atoms with Gasteiger partial charge in [-0.3, -0.25) is 9.59 Å². The quantitative estimate of drug-likeness (QED) is 0.445. The van der Waals surface area contributed by atoms with Crippen LogP contribution in [-0.4, -0.2) is 16.9 Å². The molecule has 0 aliphatic heterocycles. The first-order valence-electron chi connectivity index (χ1n) is 13.7. The molecular weight excluding hydrogens is 408 g/mol. The fraction of sp³-hybridized carbons (Fsp3) is 0.867. The van der Waals surface area contributed by atoms with E-state index in [9.17, 15) is 14.7 Å². The summed E-state index contributed by atoms with van der Waals surface area (Å²) in [7, 11) is 0. The van der Waals surface area contributed by atoms with Gasteiger partial charge in [-0.25, -0.2) is 0 Å². The number of carbonyl (C=O) groups is 2. The van der Waals surface area contributed by atoms with E-state index in [2.05, 4.69) is 48.1 Å². The van der Waals surface area contributed by atoms with E-state index >= 15 is 0 Å². The van der Waals surface area contributed by atoms with E-state index in [4.69, 9.17) is 0 Å². The van der Waals surface area contributed by atoms with Crippen molar-refractivity contribution < 1.29 is 14.7 Å². The highest BCUT2D eigenvalue weighted by molar-refractivity contribution is 5.85. The number of carboxylic acids is 1. The monoisotopic (exact) mass is 454 g/mol. The normalized spacial score (nSPS) is 52.8. The molecule has 0 aromatic heterocycles. The molecule has 0 spiro atoms. The predicted molar refractivity (Wildman–Crippen MR) is 132 cm³/mol. The van der Waals surface area contributed by atoms with E-state index in [1.165, 1.54) is 18.4 Å². The summed E-state index contributed by atoms with van der Waals surface area (Å²) in [5, 5.41) is 10.5. The predicted octanol–water partition coefficient (Wildman–Crippen LogP) is 7.30. The van der Waals surface area contributed by atoms with E-state index in [0.717, 1.165) is 51.4 Å². The number of hydrogen-bond acceptors (Lipinski definition) is 2. The van der Waals surface area contributed by atoms with Crippen molar-refractivity contribution >= 4 is 11.8 Å². The summed E-state index contributed by atoms with van der Waals surface area (Å²) in [4.78, 5) is 25.7. The zero-order chi connectivity index (χ0) is 24.2. The van der Waals surface area contributed by atoms with E-state index in [-0.39, 0.29) is 27.6 Å². The van der Waals surface area contributed by atoms with Crippen LogP contribution in [0.4, 0.5) is 0 Å². The van der Waals surface area contributed by atoms with Crippen molar-refractivity contribution in [2.45, 2.75) is 106 Å². The lowest BCUT2D eigenvalue weighted by atomic mass is 9.32. The van der Waals surface area contributed by atoms with Gasteiger partial charge in [0.1, 0.15) is 5.78 Å². The van der Waals surface area contributed by atoms with Crippen molar-refractivity contribution in [3.05, 3.63) is 12.2 Å². The molecule has 0 heterocycles. The standard InChI is InChI=1S/C30H46O3/c1-18(2)19-10-15-30(25(32)33)17-16-28(6)20(24(19)30)8-9-22-27(5)13-12-23(31)26(3,4)21(27)11-14-29(22,28)7/h19-22,24H,1,8-17H2,2-7H3,(H,32,33)/t19-,20+,21-,22+,24+,27-,28+,29+,30?/m0/s1. The van der Waals surface area contributed by atoms with Gasteiger partial charge in [0.15, 0.2) is 0 Å². The summed E-state index contributed by atoms with van der Waals surface area (Å²) in [6, 6.07) is 0. The third-order valence-corrected chi connectivity index (χ3v) is 13.2. The fourth-order valence-electron chi connectivity index (χ4n) is 11.3. The molecule has 5 aliphatic carbocycles. The first-order chi connectivity index (χ1) is 15.3. The van der Waals surface area contributed by atoms with Crippen molar-refractivity contribution in [1.82, 2.24) is 0 Å². The lowest BCUT2D eigenvalue weighted by Gasteiger charge is -2.72. The van der Waals surface area contributed by atoms with Crippen molar-refractivity contribution in [3.63, 3.8) is 0 Å². The molecule has 3 heteroatoms. The molecule has 184 valence electrons. The van der Waals surface area contributed by atoms with Crippen LogP contribution in [-0.2, 0) is 9.59 Å². The second-order valence-electron chi connectivity index (χ2n) is 14.3. The smallest absolute Gasteiger partial charge is 0.309 e. The average molecular weight is 455 g/mol. The molecule has 0 radical (unpaired) electrons. The Morgan fingerprint density at radius 1 is 0.879 bits per heavy atom. The number of rotatable bonds is 2. The lowest BCUT2D eigenvalue weighted by molar-refractivity contribution is -0.235. The van der Waals surface area contributed by atoms with Crippen LogP contribution in [0.2, 0.25) is 0 Å². The second-order valence-corrected chi connectivity index (χ2v) is 14.3. The zero-order valence-electron chi connectivity index (χ0n) is 21.9. The van der Waals surface area contributed by atoms with Crippen LogP contribution in [0, 0.1) is 56.7 Å². The second kappa shape index (κ2) is 6.97. The number of Topliss-reactive ketones (excluding diaryl/α,β-unsaturated/α-hetero) is 1. The van der Waals surface area contributed by atoms with Gasteiger partial charge >= 0.3 is 5.97 Å². The van der Waals surface area contributed by atoms with Gasteiger partial charge in [-0.15, -0.1) is 0 Å². The van der Waals surface area contributed by atoms with Crippen LogP contribution in [0.3, 0.4) is 0 Å². The molecule has 5 aliphatic rings. The number of carboxylic acid groups (broad SMARTS) is 1. The third kappa shape index (κ3) is 2.69. The maximum atomic E-state index is 12.9. The molecule has 0 amide bonds. The van der Waals surface area contributed by atoms with Gasteiger partial charge in [0, 0.05) is 11.8 Å². The maximum absolute atomic E-state index is 12.9. The molecule has 1 N–H and O–H groups in total. The minimum absolute atomic E-state index is 0.164. The van der Waals surface area contributed by atoms with Gasteiger partial charge in [-0.1, -0.05) is 46.8 Å². The Morgan fingerprint density at radius 3 is 2.21 bits per heavy atom. The van der Waals surface area contributed by atoms with E-state index in [1.807, 2.05) is 0 Å². The van der Waals surface area contributed by atoms with Gasteiger partial charge in [0.05, 0.1) is 5.41 Å². The lowest BCUT2D eigenvalue weighted by Crippen LogP contribution is -2.66. The van der Waals surface area contributed by atoms with E-state index < -0.39 is 11.4 Å². The Hall–Kier alpha value is -1.12. The molecule has 1 unspecified atom stereocenters. The first-order valence-corrected chi connectivity index (χ1v) is 13.7.